The zero-order chi connectivity index (χ0) is 32.1. The van der Waals surface area contributed by atoms with Gasteiger partial charge in [0, 0.05) is 46.1 Å². The van der Waals surface area contributed by atoms with Gasteiger partial charge >= 0.3 is 12.1 Å². The summed E-state index contributed by atoms with van der Waals surface area (Å²) in [6, 6.07) is 20.0. The normalized spacial score (nSPS) is 19.9. The molecule has 0 saturated carbocycles. The van der Waals surface area contributed by atoms with E-state index in [-0.39, 0.29) is 41.4 Å². The Morgan fingerprint density at radius 1 is 0.955 bits per heavy atom. The molecule has 0 fully saturated rings. The minimum Gasteiger partial charge on any atom is -0.508 e. The molecule has 4 atom stereocenters. The Hall–Kier alpha value is -3.34. The van der Waals surface area contributed by atoms with Gasteiger partial charge in [-0.2, -0.15) is 22.0 Å². The minimum absolute atomic E-state index is 0.0285. The number of phenols is 2. The van der Waals surface area contributed by atoms with Crippen LogP contribution in [0.3, 0.4) is 0 Å². The number of phenolic OH excluding ortho intramolecular Hbond substituents is 2. The maximum absolute atomic E-state index is 13.0. The molecule has 11 heteroatoms. The van der Waals surface area contributed by atoms with E-state index >= 15 is 0 Å². The van der Waals surface area contributed by atoms with Crippen LogP contribution in [-0.4, -0.2) is 51.2 Å². The van der Waals surface area contributed by atoms with Crippen LogP contribution in [0.2, 0.25) is 0 Å². The van der Waals surface area contributed by atoms with Crippen molar-refractivity contribution in [3.8, 4) is 23.0 Å². The lowest BCUT2D eigenvalue weighted by molar-refractivity contribution is -0.284. The summed E-state index contributed by atoms with van der Waals surface area (Å²) in [6.45, 7) is 4.86. The van der Waals surface area contributed by atoms with Crippen LogP contribution in [0.5, 0.6) is 23.0 Å². The number of halogens is 5. The van der Waals surface area contributed by atoms with Gasteiger partial charge < -0.3 is 19.7 Å². The first-order valence-electron chi connectivity index (χ1n) is 14.5. The van der Waals surface area contributed by atoms with Crippen LogP contribution in [0.1, 0.15) is 68.1 Å². The second kappa shape index (κ2) is 13.7. The second-order valence-corrected chi connectivity index (χ2v) is 13.1. The van der Waals surface area contributed by atoms with Crippen molar-refractivity contribution in [2.24, 2.45) is 0 Å². The fraction of sp³-hybridized carbons (Fsp3) is 0.455. The molecule has 0 aromatic heterocycles. The van der Waals surface area contributed by atoms with Crippen molar-refractivity contribution in [3.05, 3.63) is 83.4 Å². The summed E-state index contributed by atoms with van der Waals surface area (Å²) in [7, 11) is -1.52. The van der Waals surface area contributed by atoms with Crippen molar-refractivity contribution in [1.82, 2.24) is 0 Å². The smallest absolute Gasteiger partial charge is 0.453 e. The zero-order valence-corrected chi connectivity index (χ0v) is 25.4. The highest BCUT2D eigenvalue weighted by atomic mass is 32.2. The van der Waals surface area contributed by atoms with Gasteiger partial charge in [0.25, 0.3) is 0 Å². The zero-order valence-electron chi connectivity index (χ0n) is 24.6. The van der Waals surface area contributed by atoms with E-state index in [1.165, 1.54) is 0 Å². The third-order valence-corrected chi connectivity index (χ3v) is 9.77. The first-order chi connectivity index (χ1) is 20.7. The van der Waals surface area contributed by atoms with Gasteiger partial charge in [-0.1, -0.05) is 44.2 Å². The SMILES string of the molecule is CCC(c1ccc(OCCCS(=O)CCCC(F)(F)C(F)(F)F)cc1)C1c2ccc(O)cc2OCC1(C)c1ccc(O)cc1. The number of alkyl halides is 5. The predicted molar refractivity (Wildman–Crippen MR) is 159 cm³/mol. The molecular formula is C33H37F5O5S. The van der Waals surface area contributed by atoms with Crippen LogP contribution in [0.25, 0.3) is 0 Å². The van der Waals surface area contributed by atoms with Crippen LogP contribution >= 0.6 is 0 Å². The van der Waals surface area contributed by atoms with Gasteiger partial charge in [0.1, 0.15) is 23.0 Å². The number of benzene rings is 3. The summed E-state index contributed by atoms with van der Waals surface area (Å²) < 4.78 is 86.9. The molecule has 1 aliphatic rings. The average Bonchev–Trinajstić information content (AvgIpc) is 2.97. The molecule has 0 spiro atoms. The molecule has 0 aliphatic carbocycles. The molecule has 3 aromatic carbocycles. The Morgan fingerprint density at radius 2 is 1.59 bits per heavy atom. The number of hydrogen-bond acceptors (Lipinski definition) is 5. The van der Waals surface area contributed by atoms with Gasteiger partial charge in [-0.3, -0.25) is 4.21 Å². The quantitative estimate of drug-likeness (QED) is 0.146. The summed E-state index contributed by atoms with van der Waals surface area (Å²) >= 11 is 0. The molecule has 2 N–H and O–H groups in total. The standard InChI is InChI=1S/C33H37F5O5S/c1-3-27(30-28-15-12-25(40)20-29(28)43-21-31(30,2)23-8-10-24(39)11-9-23)22-6-13-26(14-7-22)42-17-5-19-44(41)18-4-16-32(34,35)33(36,37)38/h6-15,20,27,30,39-40H,3-5,16-19,21H2,1-2H3. The minimum atomic E-state index is -5.60. The molecule has 3 aromatic rings. The fourth-order valence-corrected chi connectivity index (χ4v) is 7.03. The number of ether oxygens (including phenoxy) is 2. The van der Waals surface area contributed by atoms with E-state index in [1.807, 2.05) is 42.5 Å². The van der Waals surface area contributed by atoms with E-state index in [0.717, 1.165) is 23.1 Å². The summed E-state index contributed by atoms with van der Waals surface area (Å²) in [5, 5.41) is 20.0. The molecule has 5 nitrogen and oxygen atoms in total. The summed E-state index contributed by atoms with van der Waals surface area (Å²) in [6.07, 6.45) is -6.29. The molecule has 44 heavy (non-hydrogen) atoms. The van der Waals surface area contributed by atoms with Crippen molar-refractivity contribution in [3.63, 3.8) is 0 Å². The topological polar surface area (TPSA) is 76.0 Å². The average molecular weight is 641 g/mol. The van der Waals surface area contributed by atoms with E-state index in [9.17, 15) is 36.4 Å². The van der Waals surface area contributed by atoms with E-state index < -0.39 is 41.2 Å². The van der Waals surface area contributed by atoms with E-state index in [0.29, 0.717) is 24.5 Å². The largest absolute Gasteiger partial charge is 0.508 e. The predicted octanol–water partition coefficient (Wildman–Crippen LogP) is 8.22. The van der Waals surface area contributed by atoms with Gasteiger partial charge in [-0.25, -0.2) is 0 Å². The van der Waals surface area contributed by atoms with Crippen molar-refractivity contribution < 1.29 is 45.8 Å². The number of hydrogen-bond donors (Lipinski definition) is 2. The van der Waals surface area contributed by atoms with Crippen LogP contribution in [0.4, 0.5) is 22.0 Å². The van der Waals surface area contributed by atoms with Gasteiger partial charge in [-0.05, 0) is 72.2 Å². The van der Waals surface area contributed by atoms with Gasteiger partial charge in [0.2, 0.25) is 0 Å². The van der Waals surface area contributed by atoms with E-state index in [1.54, 1.807) is 24.3 Å². The van der Waals surface area contributed by atoms with Crippen LogP contribution < -0.4 is 9.47 Å². The summed E-state index contributed by atoms with van der Waals surface area (Å²) in [5.74, 6) is -3.30. The highest BCUT2D eigenvalue weighted by molar-refractivity contribution is 7.84. The molecule has 4 unspecified atom stereocenters. The Bertz CT molecular complexity index is 1410. The molecular weight excluding hydrogens is 603 g/mol. The van der Waals surface area contributed by atoms with Crippen molar-refractivity contribution in [2.45, 2.75) is 68.9 Å². The molecule has 1 aliphatic heterocycles. The first-order valence-corrected chi connectivity index (χ1v) is 16.0. The molecule has 1 heterocycles. The first kappa shape index (κ1) is 33.6. The van der Waals surface area contributed by atoms with E-state index in [2.05, 4.69) is 13.8 Å². The third kappa shape index (κ3) is 7.65. The summed E-state index contributed by atoms with van der Waals surface area (Å²) in [5.41, 5.74) is 2.62. The maximum atomic E-state index is 13.0. The van der Waals surface area contributed by atoms with Crippen LogP contribution in [-0.2, 0) is 16.2 Å². The summed E-state index contributed by atoms with van der Waals surface area (Å²) in [4.78, 5) is 0. The van der Waals surface area contributed by atoms with Crippen LogP contribution in [0.15, 0.2) is 66.7 Å². The van der Waals surface area contributed by atoms with Gasteiger partial charge in [0.15, 0.2) is 0 Å². The van der Waals surface area contributed by atoms with Crippen molar-refractivity contribution in [1.29, 1.82) is 0 Å². The fourth-order valence-electron chi connectivity index (χ4n) is 5.92. The second-order valence-electron chi connectivity index (χ2n) is 11.4. The van der Waals surface area contributed by atoms with Crippen LogP contribution in [0, 0.1) is 0 Å². The third-order valence-electron chi connectivity index (χ3n) is 8.29. The molecule has 4 rings (SSSR count). The number of aromatic hydroxyl groups is 2. The highest BCUT2D eigenvalue weighted by Crippen LogP contribution is 2.54. The highest BCUT2D eigenvalue weighted by Gasteiger charge is 2.56. The maximum Gasteiger partial charge on any atom is 0.453 e. The number of rotatable bonds is 13. The van der Waals surface area contributed by atoms with Gasteiger partial charge in [0.05, 0.1) is 13.2 Å². The Labute approximate surface area is 256 Å². The lowest BCUT2D eigenvalue weighted by atomic mass is 9.61. The Kier molecular flexibility index (Phi) is 10.5. The molecule has 0 bridgehead atoms. The van der Waals surface area contributed by atoms with Crippen molar-refractivity contribution >= 4 is 10.8 Å². The lowest BCUT2D eigenvalue weighted by Crippen LogP contribution is -2.43. The Morgan fingerprint density at radius 3 is 2.23 bits per heavy atom. The Balaban J connectivity index is 1.41. The number of fused-ring (bicyclic) bond motifs is 1. The van der Waals surface area contributed by atoms with E-state index in [4.69, 9.17) is 9.47 Å². The lowest BCUT2D eigenvalue weighted by Gasteiger charge is -2.46. The molecule has 0 saturated heterocycles. The van der Waals surface area contributed by atoms with Gasteiger partial charge in [-0.15, -0.1) is 0 Å². The van der Waals surface area contributed by atoms with Crippen molar-refractivity contribution in [2.75, 3.05) is 24.7 Å². The monoisotopic (exact) mass is 640 g/mol. The molecule has 0 amide bonds. The molecule has 0 radical (unpaired) electrons. The molecule has 240 valence electrons.